The first-order valence-electron chi connectivity index (χ1n) is 12.0. The summed E-state index contributed by atoms with van der Waals surface area (Å²) in [6.07, 6.45) is 8.96. The third-order valence-electron chi connectivity index (χ3n) is 7.44. The number of aryl methyl sites for hydroxylation is 1. The van der Waals surface area contributed by atoms with Crippen LogP contribution in [0.4, 0.5) is 0 Å². The summed E-state index contributed by atoms with van der Waals surface area (Å²) < 4.78 is 5.43. The van der Waals surface area contributed by atoms with E-state index in [2.05, 4.69) is 16.4 Å². The number of ether oxygens (including phenoxy) is 1. The van der Waals surface area contributed by atoms with Gasteiger partial charge in [-0.3, -0.25) is 14.6 Å². The molecule has 2 aromatic rings. The zero-order valence-electron chi connectivity index (χ0n) is 19.5. The first kappa shape index (κ1) is 22.3. The molecule has 2 atom stereocenters. The molecule has 1 N–H and O–H groups in total. The monoisotopic (exact) mass is 455 g/mol. The Balaban J connectivity index is 1.31. The van der Waals surface area contributed by atoms with Gasteiger partial charge in [0.15, 0.2) is 5.78 Å². The first-order valence-corrected chi connectivity index (χ1v) is 12.0. The Morgan fingerprint density at radius 3 is 2.85 bits per heavy atom. The zero-order chi connectivity index (χ0) is 23.7. The Kier molecular flexibility index (Phi) is 5.95. The van der Waals surface area contributed by atoms with E-state index in [0.29, 0.717) is 37.2 Å². The normalized spacial score (nSPS) is 21.5. The van der Waals surface area contributed by atoms with Crippen LogP contribution in [0.15, 0.2) is 42.1 Å². The summed E-state index contributed by atoms with van der Waals surface area (Å²) in [5.74, 6) is 0.956. The van der Waals surface area contributed by atoms with Crippen LogP contribution in [0.2, 0.25) is 0 Å². The zero-order valence-corrected chi connectivity index (χ0v) is 19.5. The van der Waals surface area contributed by atoms with E-state index in [1.165, 1.54) is 0 Å². The molecule has 0 bridgehead atoms. The van der Waals surface area contributed by atoms with Crippen molar-refractivity contribution in [3.63, 3.8) is 0 Å². The number of carbonyl (C=O) groups is 2. The molecule has 3 aliphatic rings. The van der Waals surface area contributed by atoms with Gasteiger partial charge in [0.1, 0.15) is 5.75 Å². The van der Waals surface area contributed by atoms with Gasteiger partial charge in [-0.1, -0.05) is 31.0 Å². The fraction of sp³-hybridized carbons (Fsp3) is 0.429. The van der Waals surface area contributed by atoms with Gasteiger partial charge in [0.25, 0.3) is 0 Å². The predicted molar refractivity (Wildman–Crippen MR) is 128 cm³/mol. The molecule has 1 saturated carbocycles. The summed E-state index contributed by atoms with van der Waals surface area (Å²) in [7, 11) is 1.62. The Labute approximate surface area is 200 Å². The van der Waals surface area contributed by atoms with Crippen molar-refractivity contribution in [2.45, 2.75) is 57.4 Å². The molecular formula is C28H29N3O3. The van der Waals surface area contributed by atoms with E-state index in [0.717, 1.165) is 47.4 Å². The van der Waals surface area contributed by atoms with Crippen molar-refractivity contribution in [2.24, 2.45) is 11.3 Å². The fourth-order valence-corrected chi connectivity index (χ4v) is 5.25. The van der Waals surface area contributed by atoms with Gasteiger partial charge in [-0.05, 0) is 54.5 Å². The van der Waals surface area contributed by atoms with Crippen LogP contribution in [0.3, 0.4) is 0 Å². The van der Waals surface area contributed by atoms with Gasteiger partial charge in [0.05, 0.1) is 24.6 Å². The molecule has 1 amide bonds. The van der Waals surface area contributed by atoms with Gasteiger partial charge in [-0.2, -0.15) is 5.26 Å². The van der Waals surface area contributed by atoms with Crippen molar-refractivity contribution >= 4 is 17.8 Å². The summed E-state index contributed by atoms with van der Waals surface area (Å²) in [6, 6.07) is 11.6. The number of aromatic nitrogens is 1. The van der Waals surface area contributed by atoms with Crippen LogP contribution in [0, 0.1) is 22.7 Å². The average molecular weight is 456 g/mol. The number of pyridine rings is 1. The second kappa shape index (κ2) is 9.06. The SMILES string of the molecule is COc1cccc2c1C=C(C(=O)NC(CC1CC1)C(=O)CC1(C#N)CCc3cccnc3C1)C2. The van der Waals surface area contributed by atoms with Gasteiger partial charge in [0.2, 0.25) is 5.91 Å². The fourth-order valence-electron chi connectivity index (χ4n) is 5.25. The second-order valence-corrected chi connectivity index (χ2v) is 9.91. The number of nitriles is 1. The lowest BCUT2D eigenvalue weighted by atomic mass is 9.70. The third kappa shape index (κ3) is 4.48. The highest BCUT2D eigenvalue weighted by molar-refractivity contribution is 6.03. The molecule has 0 spiro atoms. The first-order chi connectivity index (χ1) is 16.5. The standard InChI is InChI=1S/C28H29N3O3/c1-34-26-6-2-4-20-13-21(14-22(20)26)27(33)31-23(12-18-7-8-18)25(32)16-28(17-29)10-9-19-5-3-11-30-24(19)15-28/h2-6,11,14,18,23H,7-10,12-13,15-16H2,1H3,(H,31,33). The Hall–Kier alpha value is -3.46. The van der Waals surface area contributed by atoms with Gasteiger partial charge < -0.3 is 10.1 Å². The number of nitrogens with one attached hydrogen (secondary N) is 1. The quantitative estimate of drug-likeness (QED) is 0.650. The Bertz CT molecular complexity index is 1210. The van der Waals surface area contributed by atoms with E-state index in [9.17, 15) is 14.9 Å². The molecule has 174 valence electrons. The lowest BCUT2D eigenvalue weighted by molar-refractivity contribution is -0.127. The summed E-state index contributed by atoms with van der Waals surface area (Å²) in [6.45, 7) is 0. The van der Waals surface area contributed by atoms with Crippen LogP contribution < -0.4 is 10.1 Å². The van der Waals surface area contributed by atoms with E-state index in [1.807, 2.05) is 36.4 Å². The molecule has 0 radical (unpaired) electrons. The smallest absolute Gasteiger partial charge is 0.248 e. The van der Waals surface area contributed by atoms with E-state index in [4.69, 9.17) is 4.74 Å². The molecular weight excluding hydrogens is 426 g/mol. The minimum Gasteiger partial charge on any atom is -0.496 e. The van der Waals surface area contributed by atoms with Crippen LogP contribution >= 0.6 is 0 Å². The highest BCUT2D eigenvalue weighted by Crippen LogP contribution is 2.39. The lowest BCUT2D eigenvalue weighted by Crippen LogP contribution is -2.44. The van der Waals surface area contributed by atoms with Crippen molar-refractivity contribution in [2.75, 3.05) is 7.11 Å². The number of ketones is 1. The van der Waals surface area contributed by atoms with Crippen molar-refractivity contribution in [1.82, 2.24) is 10.3 Å². The largest absolute Gasteiger partial charge is 0.496 e. The van der Waals surface area contributed by atoms with E-state index < -0.39 is 11.5 Å². The molecule has 1 fully saturated rings. The molecule has 1 aromatic carbocycles. The highest BCUT2D eigenvalue weighted by Gasteiger charge is 2.40. The maximum atomic E-state index is 13.5. The molecule has 6 nitrogen and oxygen atoms in total. The number of hydrogen-bond donors (Lipinski definition) is 1. The van der Waals surface area contributed by atoms with Crippen molar-refractivity contribution in [3.05, 3.63) is 64.5 Å². The minimum absolute atomic E-state index is 0.0464. The maximum Gasteiger partial charge on any atom is 0.248 e. The summed E-state index contributed by atoms with van der Waals surface area (Å²) in [5.41, 5.74) is 3.92. The Morgan fingerprint density at radius 1 is 1.26 bits per heavy atom. The highest BCUT2D eigenvalue weighted by atomic mass is 16.5. The molecule has 3 aliphatic carbocycles. The number of amides is 1. The van der Waals surface area contributed by atoms with Crippen molar-refractivity contribution < 1.29 is 14.3 Å². The van der Waals surface area contributed by atoms with E-state index in [-0.39, 0.29) is 18.1 Å². The third-order valence-corrected chi connectivity index (χ3v) is 7.44. The second-order valence-electron chi connectivity index (χ2n) is 9.91. The minimum atomic E-state index is -0.763. The van der Waals surface area contributed by atoms with Gasteiger partial charge >= 0.3 is 0 Å². The summed E-state index contributed by atoms with van der Waals surface area (Å²) in [5, 5.41) is 13.1. The number of nitrogens with zero attached hydrogens (tertiary/aromatic N) is 2. The van der Waals surface area contributed by atoms with Crippen molar-refractivity contribution in [3.8, 4) is 11.8 Å². The Morgan fingerprint density at radius 2 is 2.09 bits per heavy atom. The number of hydrogen-bond acceptors (Lipinski definition) is 5. The lowest BCUT2D eigenvalue weighted by Gasteiger charge is -2.32. The van der Waals surface area contributed by atoms with Gasteiger partial charge in [-0.25, -0.2) is 0 Å². The molecule has 0 aliphatic heterocycles. The number of fused-ring (bicyclic) bond motifs is 2. The molecule has 1 heterocycles. The van der Waals surface area contributed by atoms with E-state index >= 15 is 0 Å². The van der Waals surface area contributed by atoms with E-state index in [1.54, 1.807) is 13.3 Å². The molecule has 0 saturated heterocycles. The molecule has 2 unspecified atom stereocenters. The average Bonchev–Trinajstić information content (AvgIpc) is 3.57. The van der Waals surface area contributed by atoms with Crippen LogP contribution in [-0.4, -0.2) is 29.8 Å². The molecule has 5 rings (SSSR count). The maximum absolute atomic E-state index is 13.5. The van der Waals surface area contributed by atoms with Crippen molar-refractivity contribution in [1.29, 1.82) is 5.26 Å². The number of benzene rings is 1. The molecule has 1 aromatic heterocycles. The van der Waals surface area contributed by atoms with Crippen LogP contribution in [0.1, 0.15) is 54.5 Å². The number of Topliss-reactive ketones (excluding diaryl/α,β-unsaturated/α-hetero) is 1. The van der Waals surface area contributed by atoms with Gasteiger partial charge in [-0.15, -0.1) is 0 Å². The summed E-state index contributed by atoms with van der Waals surface area (Å²) >= 11 is 0. The predicted octanol–water partition coefficient (Wildman–Crippen LogP) is 3.97. The van der Waals surface area contributed by atoms with Crippen LogP contribution in [0.25, 0.3) is 6.08 Å². The number of methoxy groups -OCH3 is 1. The van der Waals surface area contributed by atoms with Gasteiger partial charge in [0, 0.05) is 42.3 Å². The van der Waals surface area contributed by atoms with Crippen LogP contribution in [0.5, 0.6) is 5.75 Å². The molecule has 6 heteroatoms. The molecule has 34 heavy (non-hydrogen) atoms. The van der Waals surface area contributed by atoms with Crippen LogP contribution in [-0.2, 0) is 28.9 Å². The number of rotatable bonds is 8. The summed E-state index contributed by atoms with van der Waals surface area (Å²) in [4.78, 5) is 31.1. The topological polar surface area (TPSA) is 92.1 Å². The number of carbonyl (C=O) groups excluding carboxylic acids is 2.